The number of carbonyl (C=O) groups excluding carboxylic acids is 1. The van der Waals surface area contributed by atoms with Gasteiger partial charge < -0.3 is 4.79 Å². The lowest BCUT2D eigenvalue weighted by atomic mass is 10.0. The Labute approximate surface area is 91.5 Å². The number of halogens is 2. The van der Waals surface area contributed by atoms with Crippen molar-refractivity contribution in [2.75, 3.05) is 0 Å². The fourth-order valence-corrected chi connectivity index (χ4v) is 1.88. The lowest BCUT2D eigenvalue weighted by Gasteiger charge is -2.05. The van der Waals surface area contributed by atoms with Gasteiger partial charge in [-0.25, -0.2) is 4.39 Å². The molecule has 0 aliphatic rings. The molecule has 0 atom stereocenters. The first-order chi connectivity index (χ1) is 6.69. The monoisotopic (exact) mass is 258 g/mol. The van der Waals surface area contributed by atoms with Crippen molar-refractivity contribution >= 4 is 22.2 Å². The molecule has 14 heavy (non-hydrogen) atoms. The van der Waals surface area contributed by atoms with Gasteiger partial charge in [0.2, 0.25) is 0 Å². The Morgan fingerprint density at radius 2 is 2.21 bits per heavy atom. The third kappa shape index (κ3) is 2.64. The SMILES string of the molecule is CCc1cc(CCC=O)cc(Br)c1F. The molecule has 0 N–H and O–H groups in total. The van der Waals surface area contributed by atoms with Crippen LogP contribution in [-0.4, -0.2) is 6.29 Å². The number of hydrogen-bond acceptors (Lipinski definition) is 1. The van der Waals surface area contributed by atoms with Crippen LogP contribution in [0.5, 0.6) is 0 Å². The standard InChI is InChI=1S/C11H12BrFO/c1-2-9-6-8(4-3-5-14)7-10(12)11(9)13/h5-7H,2-4H2,1H3. The first-order valence-electron chi connectivity index (χ1n) is 4.59. The highest BCUT2D eigenvalue weighted by Crippen LogP contribution is 2.22. The van der Waals surface area contributed by atoms with E-state index in [1.807, 2.05) is 13.0 Å². The summed E-state index contributed by atoms with van der Waals surface area (Å²) in [6, 6.07) is 3.56. The van der Waals surface area contributed by atoms with Gasteiger partial charge in [0.1, 0.15) is 12.1 Å². The van der Waals surface area contributed by atoms with Gasteiger partial charge >= 0.3 is 0 Å². The van der Waals surface area contributed by atoms with E-state index >= 15 is 0 Å². The van der Waals surface area contributed by atoms with Crippen molar-refractivity contribution in [3.05, 3.63) is 33.5 Å². The fourth-order valence-electron chi connectivity index (χ4n) is 1.34. The molecule has 0 saturated carbocycles. The van der Waals surface area contributed by atoms with Crippen LogP contribution in [0.4, 0.5) is 4.39 Å². The number of aldehydes is 1. The predicted octanol–water partition coefficient (Wildman–Crippen LogP) is 3.28. The molecule has 0 saturated heterocycles. The van der Waals surface area contributed by atoms with Gasteiger partial charge in [0, 0.05) is 6.42 Å². The van der Waals surface area contributed by atoms with E-state index in [1.165, 1.54) is 0 Å². The fraction of sp³-hybridized carbons (Fsp3) is 0.364. The van der Waals surface area contributed by atoms with Crippen molar-refractivity contribution in [1.82, 2.24) is 0 Å². The molecule has 0 unspecified atom stereocenters. The first kappa shape index (κ1) is 11.4. The van der Waals surface area contributed by atoms with Crippen LogP contribution in [-0.2, 0) is 17.6 Å². The zero-order valence-corrected chi connectivity index (χ0v) is 9.60. The van der Waals surface area contributed by atoms with E-state index in [0.29, 0.717) is 29.3 Å². The maximum atomic E-state index is 13.4. The van der Waals surface area contributed by atoms with Crippen LogP contribution in [0.1, 0.15) is 24.5 Å². The van der Waals surface area contributed by atoms with E-state index in [2.05, 4.69) is 15.9 Å². The van der Waals surface area contributed by atoms with Crippen LogP contribution < -0.4 is 0 Å². The molecule has 1 aromatic carbocycles. The molecule has 1 rings (SSSR count). The third-order valence-corrected chi connectivity index (χ3v) is 2.67. The van der Waals surface area contributed by atoms with Crippen LogP contribution in [0.15, 0.2) is 16.6 Å². The van der Waals surface area contributed by atoms with Crippen LogP contribution >= 0.6 is 15.9 Å². The van der Waals surface area contributed by atoms with E-state index in [1.54, 1.807) is 6.07 Å². The van der Waals surface area contributed by atoms with Gasteiger partial charge in [-0.05, 0) is 46.0 Å². The van der Waals surface area contributed by atoms with Gasteiger partial charge in [0.15, 0.2) is 0 Å². The zero-order chi connectivity index (χ0) is 10.6. The Morgan fingerprint density at radius 3 is 2.79 bits per heavy atom. The lowest BCUT2D eigenvalue weighted by molar-refractivity contribution is -0.107. The molecule has 0 aliphatic carbocycles. The highest BCUT2D eigenvalue weighted by Gasteiger charge is 2.07. The molecule has 3 heteroatoms. The lowest BCUT2D eigenvalue weighted by Crippen LogP contribution is -1.94. The Balaban J connectivity index is 2.97. The summed E-state index contributed by atoms with van der Waals surface area (Å²) in [5.41, 5.74) is 1.70. The maximum absolute atomic E-state index is 13.4. The van der Waals surface area contributed by atoms with Crippen LogP contribution in [0.2, 0.25) is 0 Å². The number of benzene rings is 1. The average molecular weight is 259 g/mol. The second-order valence-corrected chi connectivity index (χ2v) is 3.96. The predicted molar refractivity (Wildman–Crippen MR) is 57.9 cm³/mol. The van der Waals surface area contributed by atoms with Gasteiger partial charge in [0.25, 0.3) is 0 Å². The second kappa shape index (κ2) is 5.25. The molecule has 0 spiro atoms. The third-order valence-electron chi connectivity index (χ3n) is 2.10. The summed E-state index contributed by atoms with van der Waals surface area (Å²) in [7, 11) is 0. The van der Waals surface area contributed by atoms with Crippen LogP contribution in [0, 0.1) is 5.82 Å². The Hall–Kier alpha value is -0.700. The van der Waals surface area contributed by atoms with Crippen molar-refractivity contribution in [2.45, 2.75) is 26.2 Å². The van der Waals surface area contributed by atoms with Crippen LogP contribution in [0.3, 0.4) is 0 Å². The second-order valence-electron chi connectivity index (χ2n) is 3.11. The van der Waals surface area contributed by atoms with E-state index in [-0.39, 0.29) is 5.82 Å². The summed E-state index contributed by atoms with van der Waals surface area (Å²) in [4.78, 5) is 10.2. The van der Waals surface area contributed by atoms with Gasteiger partial charge in [-0.2, -0.15) is 0 Å². The Morgan fingerprint density at radius 1 is 1.50 bits per heavy atom. The average Bonchev–Trinajstić information content (AvgIpc) is 2.19. The summed E-state index contributed by atoms with van der Waals surface area (Å²) in [5, 5.41) is 0. The highest BCUT2D eigenvalue weighted by atomic mass is 79.9. The highest BCUT2D eigenvalue weighted by molar-refractivity contribution is 9.10. The van der Waals surface area contributed by atoms with Crippen LogP contribution in [0.25, 0.3) is 0 Å². The molecule has 0 aromatic heterocycles. The molecule has 1 nitrogen and oxygen atoms in total. The van der Waals surface area contributed by atoms with E-state index < -0.39 is 0 Å². The number of rotatable bonds is 4. The molecule has 0 fully saturated rings. The molecule has 0 aliphatic heterocycles. The minimum Gasteiger partial charge on any atom is -0.303 e. The topological polar surface area (TPSA) is 17.1 Å². The molecular weight excluding hydrogens is 247 g/mol. The first-order valence-corrected chi connectivity index (χ1v) is 5.38. The summed E-state index contributed by atoms with van der Waals surface area (Å²) in [6.07, 6.45) is 2.71. The molecule has 76 valence electrons. The van der Waals surface area contributed by atoms with Crippen molar-refractivity contribution in [3.63, 3.8) is 0 Å². The maximum Gasteiger partial charge on any atom is 0.140 e. The normalized spacial score (nSPS) is 10.2. The van der Waals surface area contributed by atoms with Gasteiger partial charge in [-0.15, -0.1) is 0 Å². The van der Waals surface area contributed by atoms with Gasteiger partial charge in [0.05, 0.1) is 4.47 Å². The minimum absolute atomic E-state index is 0.192. The number of aryl methyl sites for hydroxylation is 2. The molecule has 0 heterocycles. The molecule has 0 radical (unpaired) electrons. The van der Waals surface area contributed by atoms with E-state index in [4.69, 9.17) is 0 Å². The largest absolute Gasteiger partial charge is 0.303 e. The molecular formula is C11H12BrFO. The Bertz CT molecular complexity index is 336. The van der Waals surface area contributed by atoms with Crippen molar-refractivity contribution in [1.29, 1.82) is 0 Å². The van der Waals surface area contributed by atoms with Gasteiger partial charge in [-0.3, -0.25) is 0 Å². The smallest absolute Gasteiger partial charge is 0.140 e. The Kier molecular flexibility index (Phi) is 4.26. The van der Waals surface area contributed by atoms with Crippen molar-refractivity contribution in [2.24, 2.45) is 0 Å². The zero-order valence-electron chi connectivity index (χ0n) is 8.02. The summed E-state index contributed by atoms with van der Waals surface area (Å²) in [5.74, 6) is -0.192. The number of carbonyl (C=O) groups is 1. The van der Waals surface area contributed by atoms with E-state index in [9.17, 15) is 9.18 Å². The molecule has 1 aromatic rings. The number of hydrogen-bond donors (Lipinski definition) is 0. The summed E-state index contributed by atoms with van der Waals surface area (Å²) in [6.45, 7) is 1.91. The molecule has 0 bridgehead atoms. The minimum atomic E-state index is -0.192. The quantitative estimate of drug-likeness (QED) is 0.758. The van der Waals surface area contributed by atoms with E-state index in [0.717, 1.165) is 11.8 Å². The van der Waals surface area contributed by atoms with Crippen molar-refractivity contribution < 1.29 is 9.18 Å². The van der Waals surface area contributed by atoms with Gasteiger partial charge in [-0.1, -0.05) is 13.0 Å². The van der Waals surface area contributed by atoms with Crippen molar-refractivity contribution in [3.8, 4) is 0 Å². The summed E-state index contributed by atoms with van der Waals surface area (Å²) >= 11 is 3.17. The summed E-state index contributed by atoms with van der Waals surface area (Å²) < 4.78 is 13.9. The molecule has 0 amide bonds.